The topological polar surface area (TPSA) is 30.5 Å². The van der Waals surface area contributed by atoms with Gasteiger partial charge in [-0.15, -0.1) is 0 Å². The molecule has 0 heterocycles. The summed E-state index contributed by atoms with van der Waals surface area (Å²) >= 11 is 0. The van der Waals surface area contributed by atoms with Gasteiger partial charge in [0.05, 0.1) is 13.2 Å². The summed E-state index contributed by atoms with van der Waals surface area (Å²) in [7, 11) is 0. The summed E-state index contributed by atoms with van der Waals surface area (Å²) in [6.45, 7) is 10.2. The molecule has 2 rings (SSSR count). The molecule has 0 aliphatic rings. The molecule has 0 aromatic heterocycles. The highest BCUT2D eigenvalue weighted by molar-refractivity contribution is 5.46. The fraction of sp³-hybridized carbons (Fsp3) is 0.455. The molecule has 0 spiro atoms. The molecule has 0 bridgehead atoms. The van der Waals surface area contributed by atoms with Crippen LogP contribution in [0.1, 0.15) is 39.7 Å². The van der Waals surface area contributed by atoms with Gasteiger partial charge in [-0.2, -0.15) is 0 Å². The van der Waals surface area contributed by atoms with E-state index in [1.807, 2.05) is 36.4 Å². The first-order chi connectivity index (χ1) is 12.1. The van der Waals surface area contributed by atoms with Crippen LogP contribution in [0.3, 0.4) is 0 Å². The first-order valence-corrected chi connectivity index (χ1v) is 9.29. The lowest BCUT2D eigenvalue weighted by Gasteiger charge is -2.16. The highest BCUT2D eigenvalue weighted by Crippen LogP contribution is 2.18. The third kappa shape index (κ3) is 7.08. The minimum atomic E-state index is 0.0921. The van der Waals surface area contributed by atoms with E-state index >= 15 is 0 Å². The molecule has 1 atom stereocenters. The lowest BCUT2D eigenvalue weighted by molar-refractivity contribution is 0.234. The number of anilines is 1. The van der Waals surface area contributed by atoms with Crippen molar-refractivity contribution in [2.24, 2.45) is 5.92 Å². The Morgan fingerprint density at radius 2 is 1.52 bits per heavy atom. The second kappa shape index (κ2) is 9.97. The number of aryl methyl sites for hydroxylation is 1. The monoisotopic (exact) mass is 341 g/mol. The first-order valence-electron chi connectivity index (χ1n) is 9.29. The first kappa shape index (κ1) is 19.2. The zero-order valence-corrected chi connectivity index (χ0v) is 15.9. The maximum absolute atomic E-state index is 5.95. The number of hydrogen-bond acceptors (Lipinski definition) is 3. The van der Waals surface area contributed by atoms with Gasteiger partial charge in [0.2, 0.25) is 0 Å². The third-order valence-electron chi connectivity index (χ3n) is 4.08. The van der Waals surface area contributed by atoms with Gasteiger partial charge in [0.1, 0.15) is 17.6 Å². The summed E-state index contributed by atoms with van der Waals surface area (Å²) in [6.07, 6.45) is 2.22. The van der Waals surface area contributed by atoms with Crippen LogP contribution in [0.15, 0.2) is 48.5 Å². The Kier molecular flexibility index (Phi) is 7.65. The van der Waals surface area contributed by atoms with E-state index in [-0.39, 0.29) is 6.10 Å². The summed E-state index contributed by atoms with van der Waals surface area (Å²) in [5.74, 6) is 2.51. The number of benzene rings is 2. The fourth-order valence-electron chi connectivity index (χ4n) is 2.42. The SMILES string of the molecule is CCc1ccc(OC(C)CNc2ccc(OCCC(C)C)cc2)cc1. The second-order valence-electron chi connectivity index (χ2n) is 6.86. The molecule has 3 heteroatoms. The van der Waals surface area contributed by atoms with Gasteiger partial charge in [0.15, 0.2) is 0 Å². The van der Waals surface area contributed by atoms with Crippen LogP contribution in [0, 0.1) is 5.92 Å². The number of hydrogen-bond donors (Lipinski definition) is 1. The van der Waals surface area contributed by atoms with Crippen LogP contribution < -0.4 is 14.8 Å². The minimum Gasteiger partial charge on any atom is -0.494 e. The Labute approximate surface area is 152 Å². The second-order valence-corrected chi connectivity index (χ2v) is 6.86. The Morgan fingerprint density at radius 3 is 2.12 bits per heavy atom. The van der Waals surface area contributed by atoms with E-state index in [1.54, 1.807) is 0 Å². The maximum Gasteiger partial charge on any atom is 0.119 e. The van der Waals surface area contributed by atoms with Gasteiger partial charge in [-0.3, -0.25) is 0 Å². The molecule has 0 fully saturated rings. The van der Waals surface area contributed by atoms with Crippen molar-refractivity contribution in [3.05, 3.63) is 54.1 Å². The average molecular weight is 341 g/mol. The molecule has 2 aromatic rings. The highest BCUT2D eigenvalue weighted by atomic mass is 16.5. The molecule has 0 radical (unpaired) electrons. The van der Waals surface area contributed by atoms with Gasteiger partial charge in [-0.25, -0.2) is 0 Å². The van der Waals surface area contributed by atoms with Crippen LogP contribution in [-0.2, 0) is 6.42 Å². The van der Waals surface area contributed by atoms with E-state index in [0.717, 1.165) is 43.2 Å². The van der Waals surface area contributed by atoms with Gasteiger partial charge in [-0.05, 0) is 67.6 Å². The molecule has 0 saturated heterocycles. The van der Waals surface area contributed by atoms with E-state index in [2.05, 4.69) is 45.1 Å². The summed E-state index contributed by atoms with van der Waals surface area (Å²) in [6, 6.07) is 16.4. The molecule has 0 aliphatic heterocycles. The van der Waals surface area contributed by atoms with Crippen molar-refractivity contribution in [1.82, 2.24) is 0 Å². The number of ether oxygens (including phenoxy) is 2. The van der Waals surface area contributed by atoms with Gasteiger partial charge in [0, 0.05) is 5.69 Å². The highest BCUT2D eigenvalue weighted by Gasteiger charge is 2.04. The van der Waals surface area contributed by atoms with E-state index in [9.17, 15) is 0 Å². The Balaban J connectivity index is 1.74. The summed E-state index contributed by atoms with van der Waals surface area (Å²) in [4.78, 5) is 0. The van der Waals surface area contributed by atoms with Crippen LogP contribution in [0.5, 0.6) is 11.5 Å². The predicted octanol–water partition coefficient (Wildman–Crippen LogP) is 5.55. The van der Waals surface area contributed by atoms with Crippen LogP contribution in [0.2, 0.25) is 0 Å². The smallest absolute Gasteiger partial charge is 0.119 e. The van der Waals surface area contributed by atoms with E-state index in [1.165, 1.54) is 5.56 Å². The van der Waals surface area contributed by atoms with Crippen molar-refractivity contribution < 1.29 is 9.47 Å². The zero-order valence-electron chi connectivity index (χ0n) is 15.9. The van der Waals surface area contributed by atoms with Crippen LogP contribution in [0.4, 0.5) is 5.69 Å². The quantitative estimate of drug-likeness (QED) is 0.614. The van der Waals surface area contributed by atoms with E-state index < -0.39 is 0 Å². The average Bonchev–Trinajstić information content (AvgIpc) is 2.61. The van der Waals surface area contributed by atoms with Gasteiger partial charge >= 0.3 is 0 Å². The minimum absolute atomic E-state index is 0.0921. The van der Waals surface area contributed by atoms with Crippen molar-refractivity contribution in [1.29, 1.82) is 0 Å². The molecule has 0 aliphatic carbocycles. The zero-order chi connectivity index (χ0) is 18.1. The van der Waals surface area contributed by atoms with Crippen molar-refractivity contribution in [3.8, 4) is 11.5 Å². The van der Waals surface area contributed by atoms with Crippen molar-refractivity contribution in [2.45, 2.75) is 46.6 Å². The molecule has 0 amide bonds. The van der Waals surface area contributed by atoms with E-state index in [0.29, 0.717) is 5.92 Å². The maximum atomic E-state index is 5.95. The molecule has 1 unspecified atom stereocenters. The largest absolute Gasteiger partial charge is 0.494 e. The van der Waals surface area contributed by atoms with Gasteiger partial charge in [0.25, 0.3) is 0 Å². The van der Waals surface area contributed by atoms with Crippen molar-refractivity contribution in [2.75, 3.05) is 18.5 Å². The molecule has 136 valence electrons. The van der Waals surface area contributed by atoms with Crippen LogP contribution in [-0.4, -0.2) is 19.3 Å². The van der Waals surface area contributed by atoms with Gasteiger partial charge < -0.3 is 14.8 Å². The molecule has 3 nitrogen and oxygen atoms in total. The third-order valence-corrected chi connectivity index (χ3v) is 4.08. The van der Waals surface area contributed by atoms with Crippen molar-refractivity contribution in [3.63, 3.8) is 0 Å². The summed E-state index contributed by atoms with van der Waals surface area (Å²) in [5.41, 5.74) is 2.40. The van der Waals surface area contributed by atoms with Gasteiger partial charge in [-0.1, -0.05) is 32.9 Å². The standard InChI is InChI=1S/C22H31NO2/c1-5-19-6-10-22(11-7-19)25-18(4)16-23-20-8-12-21(13-9-20)24-15-14-17(2)3/h6-13,17-18,23H,5,14-16H2,1-4H3. The summed E-state index contributed by atoms with van der Waals surface area (Å²) in [5, 5.41) is 3.41. The molecular weight excluding hydrogens is 310 g/mol. The van der Waals surface area contributed by atoms with Crippen molar-refractivity contribution >= 4 is 5.69 Å². The molecular formula is C22H31NO2. The molecule has 25 heavy (non-hydrogen) atoms. The van der Waals surface area contributed by atoms with Crippen LogP contribution >= 0.6 is 0 Å². The Hall–Kier alpha value is -2.16. The number of rotatable bonds is 10. The predicted molar refractivity (Wildman–Crippen MR) is 106 cm³/mol. The lowest BCUT2D eigenvalue weighted by atomic mass is 10.1. The molecule has 0 saturated carbocycles. The van der Waals surface area contributed by atoms with Crippen LogP contribution in [0.25, 0.3) is 0 Å². The fourth-order valence-corrected chi connectivity index (χ4v) is 2.42. The summed E-state index contributed by atoms with van der Waals surface area (Å²) < 4.78 is 11.7. The van der Waals surface area contributed by atoms with E-state index in [4.69, 9.17) is 9.47 Å². The normalized spacial score (nSPS) is 12.0. The number of nitrogens with one attached hydrogen (secondary N) is 1. The Bertz CT molecular complexity index is 605. The molecule has 1 N–H and O–H groups in total. The Morgan fingerprint density at radius 1 is 0.880 bits per heavy atom. The lowest BCUT2D eigenvalue weighted by Crippen LogP contribution is -2.22. The molecule has 2 aromatic carbocycles.